The summed E-state index contributed by atoms with van der Waals surface area (Å²) >= 11 is 0. The van der Waals surface area contributed by atoms with Gasteiger partial charge < -0.3 is 26.0 Å². The van der Waals surface area contributed by atoms with Crippen molar-refractivity contribution in [1.82, 2.24) is 20.3 Å². The molecule has 1 fully saturated rings. The van der Waals surface area contributed by atoms with E-state index in [1.165, 1.54) is 18.3 Å². The molecule has 3 heterocycles. The molecule has 4 N–H and O–H groups in total. The monoisotopic (exact) mass is 515 g/mol. The third kappa shape index (κ3) is 6.85. The molecule has 1 amide bonds. The number of nitrogens with one attached hydrogen (secondary N) is 4. The fraction of sp³-hybridized carbons (Fsp3) is 0.360. The first-order valence-corrected chi connectivity index (χ1v) is 11.8. The lowest BCUT2D eigenvalue weighted by molar-refractivity contribution is -0.137. The molecule has 0 radical (unpaired) electrons. The molecule has 0 saturated carbocycles. The molecule has 0 bridgehead atoms. The Morgan fingerprint density at radius 1 is 1.22 bits per heavy atom. The first-order chi connectivity index (χ1) is 17.7. The fourth-order valence-corrected chi connectivity index (χ4v) is 4.03. The van der Waals surface area contributed by atoms with Crippen LogP contribution in [0.1, 0.15) is 41.4 Å². The smallest absolute Gasteiger partial charge is 0.416 e. The molecule has 1 aliphatic rings. The lowest BCUT2D eigenvalue weighted by Crippen LogP contribution is -2.36. The Morgan fingerprint density at radius 3 is 2.78 bits per heavy atom. The average molecular weight is 516 g/mol. The number of nitrogens with zero attached hydrogens (tertiary/aromatic N) is 3. The number of alkyl halides is 3. The lowest BCUT2D eigenvalue weighted by Gasteiger charge is -2.22. The number of anilines is 3. The van der Waals surface area contributed by atoms with Gasteiger partial charge in [-0.25, -0.2) is 15.0 Å². The second-order valence-electron chi connectivity index (χ2n) is 8.60. The first-order valence-electron chi connectivity index (χ1n) is 11.8. The molecule has 0 aliphatic carbocycles. The molecule has 12 heteroatoms. The average Bonchev–Trinajstić information content (AvgIpc) is 3.42. The van der Waals surface area contributed by atoms with Crippen LogP contribution in [0.4, 0.5) is 30.6 Å². The van der Waals surface area contributed by atoms with Crippen molar-refractivity contribution in [3.05, 3.63) is 65.6 Å². The van der Waals surface area contributed by atoms with E-state index >= 15 is 0 Å². The summed E-state index contributed by atoms with van der Waals surface area (Å²) in [5.74, 6) is 0.109. The fourth-order valence-electron chi connectivity index (χ4n) is 4.03. The van der Waals surface area contributed by atoms with Crippen LogP contribution in [0.3, 0.4) is 0 Å². The highest BCUT2D eigenvalue weighted by Gasteiger charge is 2.32. The van der Waals surface area contributed by atoms with Crippen LogP contribution >= 0.6 is 0 Å². The van der Waals surface area contributed by atoms with Gasteiger partial charge in [0.05, 0.1) is 23.4 Å². The number of carbonyl (C=O) groups is 1. The van der Waals surface area contributed by atoms with Crippen molar-refractivity contribution in [1.29, 1.82) is 0 Å². The van der Waals surface area contributed by atoms with Gasteiger partial charge in [-0.05, 0) is 56.6 Å². The number of pyridine rings is 1. The third-order valence-electron chi connectivity index (χ3n) is 5.90. The number of halogens is 3. The van der Waals surface area contributed by atoms with Gasteiger partial charge in [-0.2, -0.15) is 13.2 Å². The molecule has 2 atom stereocenters. The highest BCUT2D eigenvalue weighted by Crippen LogP contribution is 2.35. The molecule has 1 aromatic carbocycles. The highest BCUT2D eigenvalue weighted by atomic mass is 19.4. The molecular formula is C25H28F3N7O2. The molecule has 196 valence electrons. The molecule has 37 heavy (non-hydrogen) atoms. The Hall–Kier alpha value is -3.93. The van der Waals surface area contributed by atoms with Gasteiger partial charge >= 0.3 is 6.18 Å². The van der Waals surface area contributed by atoms with Gasteiger partial charge in [0.25, 0.3) is 5.91 Å². The quantitative estimate of drug-likeness (QED) is 0.333. The highest BCUT2D eigenvalue weighted by molar-refractivity contribution is 6.07. The van der Waals surface area contributed by atoms with Gasteiger partial charge in [-0.3, -0.25) is 4.79 Å². The normalized spacial score (nSPS) is 16.2. The third-order valence-corrected chi connectivity index (χ3v) is 5.90. The van der Waals surface area contributed by atoms with Crippen LogP contribution in [0, 0.1) is 0 Å². The van der Waals surface area contributed by atoms with E-state index in [0.717, 1.165) is 31.5 Å². The van der Waals surface area contributed by atoms with Crippen molar-refractivity contribution < 1.29 is 22.7 Å². The zero-order valence-electron chi connectivity index (χ0n) is 20.4. The van der Waals surface area contributed by atoms with Crippen LogP contribution < -0.4 is 26.0 Å². The molecule has 0 spiro atoms. The summed E-state index contributed by atoms with van der Waals surface area (Å²) in [4.78, 5) is 25.7. The van der Waals surface area contributed by atoms with Crippen LogP contribution in [-0.2, 0) is 12.7 Å². The minimum Gasteiger partial charge on any atom is -0.489 e. The van der Waals surface area contributed by atoms with Crippen LogP contribution in [-0.4, -0.2) is 46.6 Å². The molecule has 1 saturated heterocycles. The number of benzene rings is 1. The topological polar surface area (TPSA) is 113 Å². The van der Waals surface area contributed by atoms with E-state index in [0.29, 0.717) is 11.6 Å². The number of amides is 1. The maximum Gasteiger partial charge on any atom is 0.416 e. The molecule has 9 nitrogen and oxygen atoms in total. The number of aromatic nitrogens is 3. The minimum absolute atomic E-state index is 0.0277. The SMILES string of the molecule is CNc1nccc(CNc2ncccc2C(=O)Nc2cc(OC(C)C3CCCN3)cc(C(F)(F)F)c2)n1. The second-order valence-corrected chi connectivity index (χ2v) is 8.60. The van der Waals surface area contributed by atoms with Gasteiger partial charge in [-0.1, -0.05) is 0 Å². The van der Waals surface area contributed by atoms with Crippen LogP contribution in [0.2, 0.25) is 0 Å². The Labute approximate surface area is 212 Å². The van der Waals surface area contributed by atoms with Crippen LogP contribution in [0.25, 0.3) is 0 Å². The van der Waals surface area contributed by atoms with E-state index in [1.807, 2.05) is 6.92 Å². The molecule has 3 aromatic rings. The van der Waals surface area contributed by atoms with Gasteiger partial charge in [0.1, 0.15) is 17.7 Å². The van der Waals surface area contributed by atoms with Crippen molar-refractivity contribution >= 4 is 23.4 Å². The number of ether oxygens (including phenoxy) is 1. The van der Waals surface area contributed by atoms with Gasteiger partial charge in [0.15, 0.2) is 0 Å². The van der Waals surface area contributed by atoms with E-state index in [4.69, 9.17) is 4.74 Å². The molecule has 4 rings (SSSR count). The lowest BCUT2D eigenvalue weighted by atomic mass is 10.1. The summed E-state index contributed by atoms with van der Waals surface area (Å²) in [7, 11) is 1.70. The predicted molar refractivity (Wildman–Crippen MR) is 134 cm³/mol. The Morgan fingerprint density at radius 2 is 2.05 bits per heavy atom. The Kier molecular flexibility index (Phi) is 8.07. The summed E-state index contributed by atoms with van der Waals surface area (Å²) in [5.41, 5.74) is -0.137. The largest absolute Gasteiger partial charge is 0.489 e. The van der Waals surface area contributed by atoms with Crippen molar-refractivity contribution in [2.24, 2.45) is 0 Å². The number of hydrogen-bond donors (Lipinski definition) is 4. The van der Waals surface area contributed by atoms with E-state index in [-0.39, 0.29) is 41.5 Å². The zero-order valence-corrected chi connectivity index (χ0v) is 20.4. The van der Waals surface area contributed by atoms with Crippen molar-refractivity contribution in [2.45, 2.75) is 44.6 Å². The number of rotatable bonds is 9. The summed E-state index contributed by atoms with van der Waals surface area (Å²) < 4.78 is 46.7. The molecule has 2 aromatic heterocycles. The van der Waals surface area contributed by atoms with E-state index in [2.05, 4.69) is 36.2 Å². The number of hydrogen-bond acceptors (Lipinski definition) is 8. The van der Waals surface area contributed by atoms with Gasteiger partial charge in [-0.15, -0.1) is 0 Å². The summed E-state index contributed by atoms with van der Waals surface area (Å²) in [6.45, 7) is 2.91. The van der Waals surface area contributed by atoms with Crippen LogP contribution in [0.15, 0.2) is 48.8 Å². The van der Waals surface area contributed by atoms with E-state index < -0.39 is 17.6 Å². The molecule has 2 unspecified atom stereocenters. The zero-order chi connectivity index (χ0) is 26.4. The Balaban J connectivity index is 1.52. The maximum absolute atomic E-state index is 13.6. The van der Waals surface area contributed by atoms with E-state index in [9.17, 15) is 18.0 Å². The first kappa shape index (κ1) is 26.1. The summed E-state index contributed by atoms with van der Waals surface area (Å²) in [6, 6.07) is 8.08. The summed E-state index contributed by atoms with van der Waals surface area (Å²) in [6.07, 6.45) is 0.0156. The van der Waals surface area contributed by atoms with Crippen LogP contribution in [0.5, 0.6) is 5.75 Å². The second kappa shape index (κ2) is 11.4. The number of carbonyl (C=O) groups excluding carboxylic acids is 1. The van der Waals surface area contributed by atoms with Gasteiger partial charge in [0, 0.05) is 37.2 Å². The van der Waals surface area contributed by atoms with Gasteiger partial charge in [0.2, 0.25) is 5.95 Å². The van der Waals surface area contributed by atoms with Crippen molar-refractivity contribution in [3.8, 4) is 5.75 Å². The maximum atomic E-state index is 13.6. The Bertz CT molecular complexity index is 1230. The molecule has 1 aliphatic heterocycles. The van der Waals surface area contributed by atoms with E-state index in [1.54, 1.807) is 25.4 Å². The van der Waals surface area contributed by atoms with Crippen molar-refractivity contribution in [3.63, 3.8) is 0 Å². The summed E-state index contributed by atoms with van der Waals surface area (Å²) in [5, 5.41) is 11.7. The standard InChI is InChI=1S/C25H28F3N7O2/c1-15(21-6-4-8-30-21)37-19-12-16(25(26,27)28)11-18(13-19)34-23(36)20-5-3-9-31-22(20)33-14-17-7-10-32-24(29-2)35-17/h3,5,7,9-13,15,21,30H,4,6,8,14H2,1-2H3,(H,31,33)(H,34,36)(H,29,32,35). The minimum atomic E-state index is -4.61. The molecular weight excluding hydrogens is 487 g/mol. The van der Waals surface area contributed by atoms with Crippen molar-refractivity contribution in [2.75, 3.05) is 29.5 Å². The predicted octanol–water partition coefficient (Wildman–Crippen LogP) is 4.32.